The van der Waals surface area contributed by atoms with Gasteiger partial charge in [0.1, 0.15) is 23.2 Å². The number of fused-ring (bicyclic) bond motifs is 1. The highest BCUT2D eigenvalue weighted by atomic mass is 35.5. The number of nitrogens with one attached hydrogen (secondary N) is 2. The topological polar surface area (TPSA) is 113 Å². The Morgan fingerprint density at radius 2 is 1.97 bits per heavy atom. The van der Waals surface area contributed by atoms with Crippen LogP contribution in [0.2, 0.25) is 5.02 Å². The highest BCUT2D eigenvalue weighted by Gasteiger charge is 2.26. The van der Waals surface area contributed by atoms with Gasteiger partial charge in [-0.1, -0.05) is 11.6 Å². The number of carbonyl (C=O) groups is 1. The van der Waals surface area contributed by atoms with Crippen molar-refractivity contribution in [3.8, 4) is 0 Å². The van der Waals surface area contributed by atoms with Gasteiger partial charge in [0.05, 0.1) is 17.1 Å². The molecule has 0 bridgehead atoms. The lowest BCUT2D eigenvalue weighted by Gasteiger charge is -2.26. The monoisotopic (exact) mass is 416 g/mol. The average Bonchev–Trinajstić information content (AvgIpc) is 2.71. The van der Waals surface area contributed by atoms with Crippen LogP contribution in [-0.2, 0) is 4.79 Å². The minimum absolute atomic E-state index is 0.00214. The van der Waals surface area contributed by atoms with Crippen LogP contribution in [0.25, 0.3) is 11.0 Å². The molecule has 0 aliphatic heterocycles. The maximum Gasteiger partial charge on any atom is 0.306 e. The molecule has 3 aromatic rings. The Kier molecular flexibility index (Phi) is 5.39. The number of rotatable bonds is 5. The van der Waals surface area contributed by atoms with Crippen molar-refractivity contribution in [3.05, 3.63) is 41.6 Å². The number of hydrogen-bond donors (Lipinski definition) is 3. The summed E-state index contributed by atoms with van der Waals surface area (Å²) in [6.45, 7) is 0. The molecule has 0 radical (unpaired) electrons. The fourth-order valence-corrected chi connectivity index (χ4v) is 3.57. The second kappa shape index (κ2) is 8.12. The molecule has 1 fully saturated rings. The Labute approximate surface area is 170 Å². The van der Waals surface area contributed by atoms with Gasteiger partial charge in [-0.25, -0.2) is 24.3 Å². The van der Waals surface area contributed by atoms with Gasteiger partial charge in [-0.15, -0.1) is 0 Å². The molecule has 29 heavy (non-hydrogen) atoms. The lowest BCUT2D eigenvalue weighted by molar-refractivity contribution is -0.142. The van der Waals surface area contributed by atoms with Crippen LogP contribution >= 0.6 is 11.6 Å². The summed E-state index contributed by atoms with van der Waals surface area (Å²) in [6, 6.07) is 4.39. The number of hydrogen-bond acceptors (Lipinski definition) is 7. The number of nitrogens with zero attached hydrogens (tertiary/aromatic N) is 4. The lowest BCUT2D eigenvalue weighted by Crippen LogP contribution is -2.29. The molecule has 150 valence electrons. The van der Waals surface area contributed by atoms with Gasteiger partial charge in [0.15, 0.2) is 5.82 Å². The quantitative estimate of drug-likeness (QED) is 0.571. The van der Waals surface area contributed by atoms with Crippen molar-refractivity contribution < 1.29 is 14.3 Å². The summed E-state index contributed by atoms with van der Waals surface area (Å²) in [5.74, 6) is -0.656. The third kappa shape index (κ3) is 4.34. The zero-order valence-corrected chi connectivity index (χ0v) is 16.0. The fraction of sp³-hybridized carbons (Fsp3) is 0.316. The summed E-state index contributed by atoms with van der Waals surface area (Å²) < 4.78 is 13.4. The van der Waals surface area contributed by atoms with Crippen molar-refractivity contribution in [2.75, 3.05) is 10.6 Å². The molecule has 0 atom stereocenters. The fourth-order valence-electron chi connectivity index (χ4n) is 3.39. The van der Waals surface area contributed by atoms with Gasteiger partial charge in [-0.2, -0.15) is 0 Å². The van der Waals surface area contributed by atoms with Gasteiger partial charge in [-0.3, -0.25) is 4.79 Å². The van der Waals surface area contributed by atoms with E-state index in [4.69, 9.17) is 16.7 Å². The zero-order valence-electron chi connectivity index (χ0n) is 15.3. The molecule has 2 heterocycles. The third-order valence-corrected chi connectivity index (χ3v) is 5.26. The summed E-state index contributed by atoms with van der Waals surface area (Å²) in [7, 11) is 0. The second-order valence-corrected chi connectivity index (χ2v) is 7.34. The van der Waals surface area contributed by atoms with Crippen LogP contribution in [0.15, 0.2) is 30.7 Å². The molecule has 8 nitrogen and oxygen atoms in total. The van der Waals surface area contributed by atoms with Crippen molar-refractivity contribution in [1.29, 1.82) is 0 Å². The van der Waals surface area contributed by atoms with Crippen LogP contribution in [0.4, 0.5) is 21.8 Å². The average molecular weight is 417 g/mol. The number of benzene rings is 1. The van der Waals surface area contributed by atoms with Crippen LogP contribution in [0.1, 0.15) is 25.7 Å². The van der Waals surface area contributed by atoms with Crippen molar-refractivity contribution in [2.24, 2.45) is 5.92 Å². The van der Waals surface area contributed by atoms with E-state index in [0.29, 0.717) is 41.3 Å². The van der Waals surface area contributed by atoms with Gasteiger partial charge in [0, 0.05) is 11.7 Å². The highest BCUT2D eigenvalue weighted by Crippen LogP contribution is 2.28. The minimum Gasteiger partial charge on any atom is -0.481 e. The van der Waals surface area contributed by atoms with Crippen molar-refractivity contribution >= 4 is 46.1 Å². The molecule has 1 aliphatic rings. The van der Waals surface area contributed by atoms with E-state index < -0.39 is 11.8 Å². The Morgan fingerprint density at radius 3 is 2.69 bits per heavy atom. The third-order valence-electron chi connectivity index (χ3n) is 4.97. The first-order valence-electron chi connectivity index (χ1n) is 9.19. The summed E-state index contributed by atoms with van der Waals surface area (Å²) in [4.78, 5) is 28.3. The maximum absolute atomic E-state index is 13.4. The van der Waals surface area contributed by atoms with Gasteiger partial charge in [-0.05, 0) is 43.9 Å². The minimum atomic E-state index is -0.737. The Balaban J connectivity index is 1.54. The van der Waals surface area contributed by atoms with Crippen LogP contribution in [-0.4, -0.2) is 37.1 Å². The number of anilines is 3. The van der Waals surface area contributed by atoms with Crippen LogP contribution in [0.5, 0.6) is 0 Å². The van der Waals surface area contributed by atoms with E-state index in [2.05, 4.69) is 30.6 Å². The smallest absolute Gasteiger partial charge is 0.306 e. The first kappa shape index (κ1) is 19.3. The molecule has 1 aromatic carbocycles. The molecule has 10 heteroatoms. The first-order chi connectivity index (χ1) is 14.0. The van der Waals surface area contributed by atoms with Gasteiger partial charge in [0.2, 0.25) is 5.95 Å². The van der Waals surface area contributed by atoms with Crippen LogP contribution in [0, 0.1) is 11.7 Å². The van der Waals surface area contributed by atoms with Gasteiger partial charge in [0.25, 0.3) is 0 Å². The molecule has 0 unspecified atom stereocenters. The molecule has 1 saturated carbocycles. The van der Waals surface area contributed by atoms with Crippen LogP contribution in [0.3, 0.4) is 0 Å². The van der Waals surface area contributed by atoms with Crippen molar-refractivity contribution in [2.45, 2.75) is 31.7 Å². The normalized spacial score (nSPS) is 19.1. The van der Waals surface area contributed by atoms with Gasteiger partial charge < -0.3 is 15.7 Å². The Bertz CT molecular complexity index is 1060. The first-order valence-corrected chi connectivity index (χ1v) is 9.56. The maximum atomic E-state index is 13.4. The molecule has 3 N–H and O–H groups in total. The van der Waals surface area contributed by atoms with Crippen LogP contribution < -0.4 is 10.6 Å². The largest absolute Gasteiger partial charge is 0.481 e. The number of aliphatic carboxylic acids is 1. The molecular formula is C19H18ClFN6O2. The molecule has 1 aliphatic carbocycles. The van der Waals surface area contributed by atoms with E-state index in [1.54, 1.807) is 12.3 Å². The Morgan fingerprint density at radius 1 is 1.17 bits per heavy atom. The predicted molar refractivity (Wildman–Crippen MR) is 107 cm³/mol. The molecule has 0 saturated heterocycles. The number of carboxylic acids is 1. The molecular weight excluding hydrogens is 399 g/mol. The summed E-state index contributed by atoms with van der Waals surface area (Å²) in [6.07, 6.45) is 5.72. The number of carboxylic acid groups (broad SMARTS) is 1. The molecule has 4 rings (SSSR count). The van der Waals surface area contributed by atoms with E-state index in [-0.39, 0.29) is 17.0 Å². The second-order valence-electron chi connectivity index (χ2n) is 6.93. The van der Waals surface area contributed by atoms with E-state index in [1.807, 2.05) is 0 Å². The molecule has 2 aromatic heterocycles. The van der Waals surface area contributed by atoms with E-state index in [9.17, 15) is 9.18 Å². The van der Waals surface area contributed by atoms with Crippen molar-refractivity contribution in [3.63, 3.8) is 0 Å². The predicted octanol–water partition coefficient (Wildman–Crippen LogP) is 4.01. The van der Waals surface area contributed by atoms with E-state index in [0.717, 1.165) is 12.8 Å². The summed E-state index contributed by atoms with van der Waals surface area (Å²) in [5, 5.41) is 15.5. The van der Waals surface area contributed by atoms with Crippen molar-refractivity contribution in [1.82, 2.24) is 19.9 Å². The highest BCUT2D eigenvalue weighted by molar-refractivity contribution is 6.31. The summed E-state index contributed by atoms with van der Waals surface area (Å²) >= 11 is 5.84. The lowest BCUT2D eigenvalue weighted by atomic mass is 9.86. The number of halogens is 2. The SMILES string of the molecule is O=C(O)C1CCC(Nc2ncc3ncnc(Nc4ccc(F)c(Cl)c4)c3n2)CC1. The molecule has 0 spiro atoms. The summed E-state index contributed by atoms with van der Waals surface area (Å²) in [5.41, 5.74) is 1.62. The Hall–Kier alpha value is -3.07. The number of aromatic nitrogens is 4. The van der Waals surface area contributed by atoms with E-state index in [1.165, 1.54) is 18.5 Å². The zero-order chi connectivity index (χ0) is 20.4. The van der Waals surface area contributed by atoms with Gasteiger partial charge >= 0.3 is 5.97 Å². The molecule has 0 amide bonds. The standard InChI is InChI=1S/C19H18ClFN6O2/c20-13-7-12(5-6-14(13)21)25-17-16-15(23-9-24-17)8-22-19(27-16)26-11-3-1-10(2-4-11)18(28)29/h5-11H,1-4H2,(H,28,29)(H,22,26,27)(H,23,24,25). The van der Waals surface area contributed by atoms with E-state index >= 15 is 0 Å².